The second-order valence-electron chi connectivity index (χ2n) is 5.29. The maximum absolute atomic E-state index is 13.6. The quantitative estimate of drug-likeness (QED) is 0.296. The van der Waals surface area contributed by atoms with Crippen molar-refractivity contribution < 1.29 is 13.6 Å². The topological polar surface area (TPSA) is 65.9 Å². The number of aromatic nitrogens is 3. The number of rotatable bonds is 6. The Hall–Kier alpha value is -2.41. The van der Waals surface area contributed by atoms with Gasteiger partial charge < -0.3 is 9.73 Å². The summed E-state index contributed by atoms with van der Waals surface area (Å²) in [7, 11) is 0. The number of pyridine rings is 1. The Morgan fingerprint density at radius 3 is 2.96 bits per heavy atom. The molecule has 0 aliphatic heterocycles. The average molecular weight is 345 g/mol. The minimum atomic E-state index is -0.288. The summed E-state index contributed by atoms with van der Waals surface area (Å²) in [6, 6.07) is 10.2. The molecule has 0 N–H and O–H groups in total. The summed E-state index contributed by atoms with van der Waals surface area (Å²) in [6.07, 6.45) is 2.89. The van der Waals surface area contributed by atoms with Gasteiger partial charge in [-0.2, -0.15) is 9.71 Å². The smallest absolute Gasteiger partial charge is 0.251 e. The van der Waals surface area contributed by atoms with Crippen LogP contribution in [-0.2, 0) is 6.42 Å². The van der Waals surface area contributed by atoms with Crippen LogP contribution in [0.4, 0.5) is 4.39 Å². The van der Waals surface area contributed by atoms with E-state index in [1.807, 2.05) is 6.07 Å². The van der Waals surface area contributed by atoms with Gasteiger partial charge in [0.05, 0.1) is 0 Å². The predicted molar refractivity (Wildman–Crippen MR) is 88.9 cm³/mol. The van der Waals surface area contributed by atoms with E-state index >= 15 is 0 Å². The summed E-state index contributed by atoms with van der Waals surface area (Å²) in [6.45, 7) is 1.71. The van der Waals surface area contributed by atoms with Crippen molar-refractivity contribution in [1.82, 2.24) is 10.1 Å². The van der Waals surface area contributed by atoms with Crippen LogP contribution in [-0.4, -0.2) is 15.9 Å². The maximum Gasteiger partial charge on any atom is 0.251 e. The van der Waals surface area contributed by atoms with Crippen molar-refractivity contribution in [2.45, 2.75) is 24.8 Å². The van der Waals surface area contributed by atoms with Crippen LogP contribution < -0.4 is 4.73 Å². The molecule has 3 aromatic rings. The average Bonchev–Trinajstić information content (AvgIpc) is 3.04. The third kappa shape index (κ3) is 3.91. The van der Waals surface area contributed by atoms with Crippen LogP contribution in [0.25, 0.3) is 11.4 Å². The Bertz CT molecular complexity index is 838. The predicted octanol–water partition coefficient (Wildman–Crippen LogP) is 3.54. The highest BCUT2D eigenvalue weighted by Crippen LogP contribution is 2.20. The highest BCUT2D eigenvalue weighted by molar-refractivity contribution is 7.99. The maximum atomic E-state index is 13.6. The summed E-state index contributed by atoms with van der Waals surface area (Å²) in [5, 5.41) is 16.1. The van der Waals surface area contributed by atoms with Gasteiger partial charge in [0.1, 0.15) is 5.82 Å². The molecule has 0 unspecified atom stereocenters. The minimum Gasteiger partial charge on any atom is -0.618 e. The largest absolute Gasteiger partial charge is 0.618 e. The van der Waals surface area contributed by atoms with Crippen molar-refractivity contribution in [3.8, 4) is 11.4 Å². The molecule has 3 rings (SSSR count). The number of aryl methyl sites for hydroxylation is 2. The summed E-state index contributed by atoms with van der Waals surface area (Å²) in [4.78, 5) is 4.29. The number of nitrogens with zero attached hydrogens (tertiary/aromatic N) is 3. The Labute approximate surface area is 143 Å². The monoisotopic (exact) mass is 345 g/mol. The molecule has 124 valence electrons. The molecule has 0 saturated carbocycles. The molecule has 0 aliphatic carbocycles. The van der Waals surface area contributed by atoms with Gasteiger partial charge in [0, 0.05) is 29.9 Å². The lowest BCUT2D eigenvalue weighted by Crippen LogP contribution is -2.27. The van der Waals surface area contributed by atoms with Crippen LogP contribution >= 0.6 is 11.8 Å². The van der Waals surface area contributed by atoms with E-state index in [9.17, 15) is 9.60 Å². The van der Waals surface area contributed by atoms with Gasteiger partial charge in [0.2, 0.25) is 11.7 Å². The van der Waals surface area contributed by atoms with Crippen LogP contribution in [0.3, 0.4) is 0 Å². The zero-order chi connectivity index (χ0) is 16.9. The zero-order valence-corrected chi connectivity index (χ0v) is 13.9. The van der Waals surface area contributed by atoms with Crippen molar-refractivity contribution in [3.05, 3.63) is 65.1 Å². The van der Waals surface area contributed by atoms with Gasteiger partial charge in [0.25, 0.3) is 5.03 Å². The van der Waals surface area contributed by atoms with Gasteiger partial charge in [-0.3, -0.25) is 0 Å². The highest BCUT2D eigenvalue weighted by atomic mass is 32.2. The molecule has 5 nitrogen and oxygen atoms in total. The standard InChI is InChI=1S/C17H16FN3O2S/c1-12-7-8-13(11-14(12)18)17-19-15(23-20-17)5-4-10-24-16-6-2-3-9-21(16)22/h2-3,6-9,11H,4-5,10H2,1H3. The second kappa shape index (κ2) is 7.44. The Morgan fingerprint density at radius 1 is 1.29 bits per heavy atom. The van der Waals surface area contributed by atoms with E-state index in [4.69, 9.17) is 4.52 Å². The van der Waals surface area contributed by atoms with Crippen molar-refractivity contribution in [1.29, 1.82) is 0 Å². The number of halogens is 1. The van der Waals surface area contributed by atoms with Crippen molar-refractivity contribution >= 4 is 11.8 Å². The SMILES string of the molecule is Cc1ccc(-c2noc(CCCSc3cccc[n+]3[O-])n2)cc1F. The molecular formula is C17H16FN3O2S. The Morgan fingerprint density at radius 2 is 2.17 bits per heavy atom. The molecule has 0 fully saturated rings. The minimum absolute atomic E-state index is 0.288. The summed E-state index contributed by atoms with van der Waals surface area (Å²) in [5.41, 5.74) is 1.18. The molecule has 0 radical (unpaired) electrons. The normalized spacial score (nSPS) is 10.9. The molecule has 0 aliphatic rings. The molecule has 0 bridgehead atoms. The lowest BCUT2D eigenvalue weighted by Gasteiger charge is -2.02. The van der Waals surface area contributed by atoms with E-state index in [1.165, 1.54) is 24.0 Å². The summed E-state index contributed by atoms with van der Waals surface area (Å²) in [5.74, 6) is 1.37. The first kappa shape index (κ1) is 16.4. The van der Waals surface area contributed by atoms with Crippen LogP contribution in [0.1, 0.15) is 17.9 Å². The van der Waals surface area contributed by atoms with E-state index in [1.54, 1.807) is 31.2 Å². The first-order valence-corrected chi connectivity index (χ1v) is 8.52. The Balaban J connectivity index is 1.54. The molecular weight excluding hydrogens is 329 g/mol. The van der Waals surface area contributed by atoms with Crippen LogP contribution in [0, 0.1) is 17.9 Å². The lowest BCUT2D eigenvalue weighted by molar-refractivity contribution is -0.645. The molecule has 0 atom stereocenters. The Kier molecular flexibility index (Phi) is 5.10. The van der Waals surface area contributed by atoms with Crippen LogP contribution in [0.2, 0.25) is 0 Å². The van der Waals surface area contributed by atoms with Gasteiger partial charge in [-0.05, 0) is 31.0 Å². The van der Waals surface area contributed by atoms with Gasteiger partial charge in [0.15, 0.2) is 6.20 Å². The second-order valence-corrected chi connectivity index (χ2v) is 6.41. The molecule has 24 heavy (non-hydrogen) atoms. The van der Waals surface area contributed by atoms with Crippen molar-refractivity contribution in [3.63, 3.8) is 0 Å². The van der Waals surface area contributed by atoms with E-state index in [0.29, 0.717) is 34.3 Å². The number of hydrogen-bond donors (Lipinski definition) is 0. The highest BCUT2D eigenvalue weighted by Gasteiger charge is 2.11. The molecule has 1 aromatic carbocycles. The fraction of sp³-hybridized carbons (Fsp3) is 0.235. The first-order chi connectivity index (χ1) is 11.6. The number of benzene rings is 1. The van der Waals surface area contributed by atoms with Crippen molar-refractivity contribution in [2.24, 2.45) is 0 Å². The van der Waals surface area contributed by atoms with E-state index in [-0.39, 0.29) is 5.82 Å². The zero-order valence-electron chi connectivity index (χ0n) is 13.1. The van der Waals surface area contributed by atoms with Crippen LogP contribution in [0.5, 0.6) is 0 Å². The van der Waals surface area contributed by atoms with Gasteiger partial charge in [-0.1, -0.05) is 29.1 Å². The number of hydrogen-bond acceptors (Lipinski definition) is 5. The van der Waals surface area contributed by atoms with Gasteiger partial charge in [-0.25, -0.2) is 4.39 Å². The van der Waals surface area contributed by atoms with Gasteiger partial charge in [-0.15, -0.1) is 0 Å². The summed E-state index contributed by atoms with van der Waals surface area (Å²) < 4.78 is 19.7. The van der Waals surface area contributed by atoms with E-state index in [2.05, 4.69) is 10.1 Å². The molecule has 2 aromatic heterocycles. The number of thioether (sulfide) groups is 1. The fourth-order valence-corrected chi connectivity index (χ4v) is 2.99. The third-order valence-corrected chi connectivity index (χ3v) is 4.58. The third-order valence-electron chi connectivity index (χ3n) is 3.47. The fourth-order valence-electron chi connectivity index (χ4n) is 2.13. The molecule has 0 saturated heterocycles. The molecule has 0 amide bonds. The van der Waals surface area contributed by atoms with Crippen LogP contribution in [0.15, 0.2) is 52.1 Å². The summed E-state index contributed by atoms with van der Waals surface area (Å²) >= 11 is 1.48. The molecule has 2 heterocycles. The first-order valence-electron chi connectivity index (χ1n) is 7.53. The molecule has 7 heteroatoms. The lowest BCUT2D eigenvalue weighted by atomic mass is 10.1. The van der Waals surface area contributed by atoms with E-state index < -0.39 is 0 Å². The molecule has 0 spiro atoms. The van der Waals surface area contributed by atoms with Gasteiger partial charge >= 0.3 is 0 Å². The van der Waals surface area contributed by atoms with Crippen molar-refractivity contribution in [2.75, 3.05) is 5.75 Å². The van der Waals surface area contributed by atoms with E-state index in [0.717, 1.165) is 16.9 Å².